The van der Waals surface area contributed by atoms with E-state index in [-0.39, 0.29) is 16.4 Å². The molecule has 35 heavy (non-hydrogen) atoms. The van der Waals surface area contributed by atoms with Crippen LogP contribution in [-0.4, -0.2) is 74.6 Å². The number of benzene rings is 2. The van der Waals surface area contributed by atoms with Crippen LogP contribution in [0.15, 0.2) is 42.0 Å². The normalized spacial score (nSPS) is 17.2. The molecular weight excluding hydrogens is 472 g/mol. The number of carbonyl (C=O) groups excluding carboxylic acids is 2. The monoisotopic (exact) mass is 502 g/mol. The van der Waals surface area contributed by atoms with Gasteiger partial charge in [0.15, 0.2) is 0 Å². The summed E-state index contributed by atoms with van der Waals surface area (Å²) in [7, 11) is 6.91. The van der Waals surface area contributed by atoms with Crippen LogP contribution in [0.4, 0.5) is 0 Å². The van der Waals surface area contributed by atoms with Crippen molar-refractivity contribution in [2.75, 3.05) is 48.0 Å². The van der Waals surface area contributed by atoms with Gasteiger partial charge in [0.1, 0.15) is 23.0 Å². The van der Waals surface area contributed by atoms with Gasteiger partial charge in [-0.3, -0.25) is 9.59 Å². The molecule has 1 N–H and O–H groups in total. The predicted molar refractivity (Wildman–Crippen MR) is 134 cm³/mol. The Labute approximate surface area is 210 Å². The number of nitrogens with zero attached hydrogens (tertiary/aromatic N) is 2. The van der Waals surface area contributed by atoms with Crippen LogP contribution in [-0.2, 0) is 9.59 Å². The van der Waals surface area contributed by atoms with Crippen LogP contribution in [0.25, 0.3) is 5.76 Å². The third-order valence-corrected chi connectivity index (χ3v) is 6.08. The highest BCUT2D eigenvalue weighted by atomic mass is 35.5. The van der Waals surface area contributed by atoms with Crippen LogP contribution in [0.3, 0.4) is 0 Å². The highest BCUT2D eigenvalue weighted by Gasteiger charge is 2.47. The third-order valence-electron chi connectivity index (χ3n) is 5.78. The maximum Gasteiger partial charge on any atom is 0.295 e. The van der Waals surface area contributed by atoms with E-state index in [1.165, 1.54) is 25.2 Å². The van der Waals surface area contributed by atoms with Crippen molar-refractivity contribution in [2.45, 2.75) is 19.4 Å². The molecule has 1 amide bonds. The first kappa shape index (κ1) is 26.4. The van der Waals surface area contributed by atoms with Gasteiger partial charge < -0.3 is 29.1 Å². The third kappa shape index (κ3) is 5.55. The van der Waals surface area contributed by atoms with Crippen LogP contribution < -0.4 is 14.2 Å². The number of likely N-dealkylation sites (tertiary alicyclic amines) is 1. The van der Waals surface area contributed by atoms with Gasteiger partial charge in [0.2, 0.25) is 0 Å². The molecule has 1 atom stereocenters. The molecule has 0 aliphatic carbocycles. The Bertz CT molecular complexity index is 1130. The molecule has 1 aliphatic rings. The van der Waals surface area contributed by atoms with Crippen LogP contribution >= 0.6 is 11.6 Å². The zero-order valence-corrected chi connectivity index (χ0v) is 21.4. The van der Waals surface area contributed by atoms with Crippen LogP contribution in [0.1, 0.15) is 30.5 Å². The van der Waals surface area contributed by atoms with E-state index < -0.39 is 17.7 Å². The minimum atomic E-state index is -0.868. The van der Waals surface area contributed by atoms with Crippen molar-refractivity contribution in [2.24, 2.45) is 0 Å². The fourth-order valence-corrected chi connectivity index (χ4v) is 4.36. The number of amides is 1. The molecule has 2 aromatic rings. The van der Waals surface area contributed by atoms with Crippen molar-refractivity contribution in [1.82, 2.24) is 9.80 Å². The van der Waals surface area contributed by atoms with E-state index in [0.717, 1.165) is 6.54 Å². The summed E-state index contributed by atoms with van der Waals surface area (Å²) >= 11 is 6.33. The summed E-state index contributed by atoms with van der Waals surface area (Å²) in [5.74, 6) is -0.321. The Morgan fingerprint density at radius 3 is 2.40 bits per heavy atom. The second-order valence-electron chi connectivity index (χ2n) is 8.34. The largest absolute Gasteiger partial charge is 0.507 e. The van der Waals surface area contributed by atoms with Crippen molar-refractivity contribution in [3.8, 4) is 17.2 Å². The number of hydrogen-bond donors (Lipinski definition) is 1. The Kier molecular flexibility index (Phi) is 8.64. The van der Waals surface area contributed by atoms with E-state index in [0.29, 0.717) is 47.9 Å². The molecule has 9 heteroatoms. The number of hydrogen-bond acceptors (Lipinski definition) is 7. The zero-order valence-electron chi connectivity index (χ0n) is 20.6. The summed E-state index contributed by atoms with van der Waals surface area (Å²) in [6.45, 7) is 3.30. The Morgan fingerprint density at radius 1 is 1.09 bits per heavy atom. The number of aliphatic hydroxyl groups is 1. The van der Waals surface area contributed by atoms with E-state index in [4.69, 9.17) is 25.8 Å². The SMILES string of the molecule is CCOc1ccc(C(O)=C2C(=O)C(=O)N(CCCN(C)C)[C@@H]2c2cc(OC)ccc2OC)cc1Cl. The van der Waals surface area contributed by atoms with Crippen molar-refractivity contribution in [3.05, 3.63) is 58.1 Å². The minimum absolute atomic E-state index is 0.0355. The van der Waals surface area contributed by atoms with Crippen molar-refractivity contribution < 1.29 is 28.9 Å². The number of Topliss-reactive ketones (excluding diaryl/α,β-unsaturated/α-hetero) is 1. The Hall–Kier alpha value is -3.23. The van der Waals surface area contributed by atoms with Crippen molar-refractivity contribution in [3.63, 3.8) is 0 Å². The van der Waals surface area contributed by atoms with E-state index >= 15 is 0 Å². The standard InChI is InChI=1S/C26H31ClN2O6/c1-6-35-21-10-8-16(14-19(21)27)24(30)22-23(18-15-17(33-4)9-11-20(18)34-5)29(26(32)25(22)31)13-7-12-28(2)3/h8-11,14-15,23,30H,6-7,12-13H2,1-5H3/t23-/m1/s1. The van der Waals surface area contributed by atoms with Gasteiger partial charge in [-0.2, -0.15) is 0 Å². The predicted octanol–water partition coefficient (Wildman–Crippen LogP) is 4.13. The lowest BCUT2D eigenvalue weighted by molar-refractivity contribution is -0.140. The molecule has 1 fully saturated rings. The highest BCUT2D eigenvalue weighted by Crippen LogP contribution is 2.44. The fourth-order valence-electron chi connectivity index (χ4n) is 4.12. The van der Waals surface area contributed by atoms with Gasteiger partial charge in [0.25, 0.3) is 11.7 Å². The topological polar surface area (TPSA) is 88.5 Å². The molecule has 0 aromatic heterocycles. The number of ether oxygens (including phenoxy) is 3. The number of rotatable bonds is 10. The quantitative estimate of drug-likeness (QED) is 0.297. The van der Waals surface area contributed by atoms with Gasteiger partial charge in [-0.1, -0.05) is 11.6 Å². The minimum Gasteiger partial charge on any atom is -0.507 e. The molecule has 1 heterocycles. The van der Waals surface area contributed by atoms with Crippen molar-refractivity contribution in [1.29, 1.82) is 0 Å². The van der Waals surface area contributed by atoms with E-state index in [1.54, 1.807) is 30.3 Å². The molecule has 1 aliphatic heterocycles. The summed E-state index contributed by atoms with van der Waals surface area (Å²) in [6, 6.07) is 9.02. The summed E-state index contributed by atoms with van der Waals surface area (Å²) in [6.07, 6.45) is 0.637. The molecule has 188 valence electrons. The molecule has 8 nitrogen and oxygen atoms in total. The number of aliphatic hydroxyl groups excluding tert-OH is 1. The average Bonchev–Trinajstić information content (AvgIpc) is 3.09. The second-order valence-corrected chi connectivity index (χ2v) is 8.74. The highest BCUT2D eigenvalue weighted by molar-refractivity contribution is 6.46. The van der Waals surface area contributed by atoms with Gasteiger partial charge in [-0.15, -0.1) is 0 Å². The molecule has 3 rings (SSSR count). The second kappa shape index (κ2) is 11.5. The number of carbonyl (C=O) groups is 2. The number of halogens is 1. The van der Waals surface area contributed by atoms with Crippen LogP contribution in [0.5, 0.6) is 17.2 Å². The van der Waals surface area contributed by atoms with Gasteiger partial charge in [0, 0.05) is 17.7 Å². The van der Waals surface area contributed by atoms with Gasteiger partial charge in [-0.05, 0) is 70.4 Å². The van der Waals surface area contributed by atoms with Gasteiger partial charge in [-0.25, -0.2) is 0 Å². The first-order valence-corrected chi connectivity index (χ1v) is 11.7. The van der Waals surface area contributed by atoms with Crippen molar-refractivity contribution >= 4 is 29.1 Å². The lowest BCUT2D eigenvalue weighted by Crippen LogP contribution is -2.32. The van der Waals surface area contributed by atoms with Crippen LogP contribution in [0.2, 0.25) is 5.02 Å². The molecule has 1 saturated heterocycles. The maximum absolute atomic E-state index is 13.3. The number of methoxy groups -OCH3 is 2. The smallest absolute Gasteiger partial charge is 0.295 e. The molecule has 0 saturated carbocycles. The summed E-state index contributed by atoms with van der Waals surface area (Å²) in [5, 5.41) is 11.6. The van der Waals surface area contributed by atoms with E-state index in [2.05, 4.69) is 0 Å². The molecule has 0 spiro atoms. The van der Waals surface area contributed by atoms with E-state index in [1.807, 2.05) is 25.9 Å². The fraction of sp³-hybridized carbons (Fsp3) is 0.385. The van der Waals surface area contributed by atoms with Gasteiger partial charge >= 0.3 is 0 Å². The molecule has 2 aromatic carbocycles. The lowest BCUT2D eigenvalue weighted by Gasteiger charge is -2.27. The molecule has 0 unspecified atom stereocenters. The maximum atomic E-state index is 13.3. The summed E-state index contributed by atoms with van der Waals surface area (Å²) in [5.41, 5.74) is 0.803. The Balaban J connectivity index is 2.18. The van der Waals surface area contributed by atoms with E-state index in [9.17, 15) is 14.7 Å². The number of ketones is 1. The lowest BCUT2D eigenvalue weighted by atomic mass is 9.94. The van der Waals surface area contributed by atoms with Crippen LogP contribution in [0, 0.1) is 0 Å². The summed E-state index contributed by atoms with van der Waals surface area (Å²) in [4.78, 5) is 29.9. The first-order chi connectivity index (χ1) is 16.7. The zero-order chi connectivity index (χ0) is 25.7. The molecule has 0 radical (unpaired) electrons. The summed E-state index contributed by atoms with van der Waals surface area (Å²) < 4.78 is 16.4. The Morgan fingerprint density at radius 2 is 1.80 bits per heavy atom. The average molecular weight is 503 g/mol. The molecular formula is C26H31ClN2O6. The first-order valence-electron chi connectivity index (χ1n) is 11.3. The molecule has 0 bridgehead atoms. The van der Waals surface area contributed by atoms with Gasteiger partial charge in [0.05, 0.1) is 37.5 Å².